The summed E-state index contributed by atoms with van der Waals surface area (Å²) in [6, 6.07) is 0.915. The first-order valence-electron chi connectivity index (χ1n) is 8.23. The van der Waals surface area contributed by atoms with Crippen LogP contribution in [0.4, 0.5) is 18.3 Å². The number of piperazine rings is 1. The van der Waals surface area contributed by atoms with Crippen LogP contribution in [-0.4, -0.2) is 53.7 Å². The van der Waals surface area contributed by atoms with Gasteiger partial charge in [0.2, 0.25) is 5.91 Å². The van der Waals surface area contributed by atoms with Gasteiger partial charge in [-0.1, -0.05) is 11.3 Å². The highest BCUT2D eigenvalue weighted by molar-refractivity contribution is 7.15. The lowest BCUT2D eigenvalue weighted by Gasteiger charge is -2.35. The minimum atomic E-state index is -4.45. The molecule has 2 atom stereocenters. The maximum Gasteiger partial charge on any atom is 0.397 e. The molecule has 1 amide bonds. The number of carbonyl (C=O) groups excluding carboxylic acids is 1. The molecule has 4 rings (SSSR count). The van der Waals surface area contributed by atoms with Crippen molar-refractivity contribution in [3.05, 3.63) is 10.6 Å². The van der Waals surface area contributed by atoms with E-state index in [9.17, 15) is 18.0 Å². The lowest BCUT2D eigenvalue weighted by molar-refractivity contribution is -0.162. The number of nitrogens with zero attached hydrogens (tertiary/aromatic N) is 3. The van der Waals surface area contributed by atoms with Gasteiger partial charge in [-0.3, -0.25) is 4.79 Å². The minimum absolute atomic E-state index is 0.253. The highest BCUT2D eigenvalue weighted by Gasteiger charge is 2.39. The van der Waals surface area contributed by atoms with Crippen LogP contribution < -0.4 is 10.2 Å². The van der Waals surface area contributed by atoms with Crippen LogP contribution in [0.2, 0.25) is 0 Å². The number of hydrogen-bond donors (Lipinski definition) is 1. The summed E-state index contributed by atoms with van der Waals surface area (Å²) in [6.45, 7) is 2.48. The zero-order valence-corrected chi connectivity index (χ0v) is 13.9. The smallest absolute Gasteiger partial charge is 0.340 e. The number of anilines is 1. The maximum atomic E-state index is 12.4. The molecular weight excluding hydrogens is 341 g/mol. The van der Waals surface area contributed by atoms with E-state index in [2.05, 4.69) is 10.2 Å². The minimum Gasteiger partial charge on any atom is -0.340 e. The average molecular weight is 360 g/mol. The molecule has 2 fully saturated rings. The third kappa shape index (κ3) is 2.99. The number of aromatic nitrogens is 1. The number of hydrogen-bond acceptors (Lipinski definition) is 5. The summed E-state index contributed by atoms with van der Waals surface area (Å²) in [5, 5.41) is 4.40. The quantitative estimate of drug-likeness (QED) is 0.876. The lowest BCUT2D eigenvalue weighted by Crippen LogP contribution is -2.51. The Morgan fingerprint density at radius 3 is 2.67 bits per heavy atom. The Balaban J connectivity index is 1.49. The lowest BCUT2D eigenvalue weighted by atomic mass is 10.1. The number of alkyl halides is 3. The van der Waals surface area contributed by atoms with Gasteiger partial charge in [-0.25, -0.2) is 4.98 Å². The molecule has 0 spiro atoms. The Labute approximate surface area is 141 Å². The molecule has 1 aromatic rings. The monoisotopic (exact) mass is 360 g/mol. The van der Waals surface area contributed by atoms with Gasteiger partial charge in [-0.05, 0) is 12.8 Å². The molecule has 132 valence electrons. The molecule has 4 heterocycles. The van der Waals surface area contributed by atoms with Gasteiger partial charge in [-0.15, -0.1) is 0 Å². The van der Waals surface area contributed by atoms with Crippen LogP contribution in [0.3, 0.4) is 0 Å². The average Bonchev–Trinajstić information content (AvgIpc) is 3.02. The largest absolute Gasteiger partial charge is 0.397 e. The van der Waals surface area contributed by atoms with Gasteiger partial charge in [0.05, 0.1) is 12.2 Å². The van der Waals surface area contributed by atoms with E-state index in [4.69, 9.17) is 4.98 Å². The molecule has 9 heteroatoms. The second kappa shape index (κ2) is 5.87. The van der Waals surface area contributed by atoms with Crippen LogP contribution >= 0.6 is 11.3 Å². The van der Waals surface area contributed by atoms with Crippen LogP contribution in [0.5, 0.6) is 0 Å². The van der Waals surface area contributed by atoms with E-state index in [1.807, 2.05) is 0 Å². The summed E-state index contributed by atoms with van der Waals surface area (Å²) >= 11 is 1.54. The maximum absolute atomic E-state index is 12.4. The number of rotatable bonds is 2. The summed E-state index contributed by atoms with van der Waals surface area (Å²) in [7, 11) is 0. The first-order valence-corrected chi connectivity index (χ1v) is 9.04. The van der Waals surface area contributed by atoms with Gasteiger partial charge in [0, 0.05) is 43.0 Å². The number of carbonyl (C=O) groups is 1. The molecule has 24 heavy (non-hydrogen) atoms. The molecule has 5 nitrogen and oxygen atoms in total. The number of fused-ring (bicyclic) bond motifs is 3. The Kier molecular flexibility index (Phi) is 3.95. The summed E-state index contributed by atoms with van der Waals surface area (Å²) in [5.74, 6) is -0.842. The van der Waals surface area contributed by atoms with Crippen molar-refractivity contribution in [3.8, 4) is 0 Å². The Hall–Kier alpha value is -1.35. The Bertz CT molecular complexity index is 631. The van der Waals surface area contributed by atoms with Crippen molar-refractivity contribution in [3.63, 3.8) is 0 Å². The molecule has 3 aliphatic heterocycles. The van der Waals surface area contributed by atoms with Crippen molar-refractivity contribution in [1.29, 1.82) is 0 Å². The van der Waals surface area contributed by atoms with Gasteiger partial charge < -0.3 is 15.1 Å². The van der Waals surface area contributed by atoms with Crippen LogP contribution in [0.25, 0.3) is 0 Å². The highest BCUT2D eigenvalue weighted by Crippen LogP contribution is 2.38. The van der Waals surface area contributed by atoms with E-state index in [0.717, 1.165) is 41.6 Å². The van der Waals surface area contributed by atoms with Crippen molar-refractivity contribution in [2.24, 2.45) is 0 Å². The standard InChI is InChI=1S/C15H19F3N4OS/c16-15(17,18)5-13(23)21-4-3-11-12(8-21)24-14(20-11)22-9-1-2-10(22)7-19-6-9/h9-10,19H,1-8H2. The van der Waals surface area contributed by atoms with Crippen molar-refractivity contribution < 1.29 is 18.0 Å². The summed E-state index contributed by atoms with van der Waals surface area (Å²) in [6.07, 6.45) is -2.99. The van der Waals surface area contributed by atoms with E-state index in [1.54, 1.807) is 11.3 Å². The van der Waals surface area contributed by atoms with E-state index in [-0.39, 0.29) is 6.54 Å². The molecular formula is C15H19F3N4OS. The predicted octanol–water partition coefficient (Wildman–Crippen LogP) is 1.92. The number of halogens is 3. The normalized spacial score (nSPS) is 26.6. The van der Waals surface area contributed by atoms with Crippen molar-refractivity contribution >= 4 is 22.4 Å². The molecule has 0 radical (unpaired) electrons. The van der Waals surface area contributed by atoms with Gasteiger partial charge in [0.15, 0.2) is 5.13 Å². The second-order valence-corrected chi connectivity index (χ2v) is 7.74. The van der Waals surface area contributed by atoms with Crippen molar-refractivity contribution in [2.45, 2.75) is 50.5 Å². The highest BCUT2D eigenvalue weighted by atomic mass is 32.1. The zero-order valence-electron chi connectivity index (χ0n) is 13.1. The van der Waals surface area contributed by atoms with E-state index >= 15 is 0 Å². The van der Waals surface area contributed by atoms with E-state index < -0.39 is 18.5 Å². The predicted molar refractivity (Wildman–Crippen MR) is 84.1 cm³/mol. The van der Waals surface area contributed by atoms with Crippen molar-refractivity contribution in [2.75, 3.05) is 24.5 Å². The summed E-state index contributed by atoms with van der Waals surface area (Å²) in [4.78, 5) is 21.2. The third-order valence-electron chi connectivity index (χ3n) is 5.03. The van der Waals surface area contributed by atoms with Gasteiger partial charge in [0.25, 0.3) is 0 Å². The summed E-state index contributed by atoms with van der Waals surface area (Å²) < 4.78 is 37.3. The van der Waals surface area contributed by atoms with Crippen LogP contribution in [-0.2, 0) is 17.8 Å². The van der Waals surface area contributed by atoms with E-state index in [0.29, 0.717) is 25.0 Å². The fourth-order valence-corrected chi connectivity index (χ4v) is 5.14. The first kappa shape index (κ1) is 16.1. The van der Waals surface area contributed by atoms with Crippen molar-refractivity contribution in [1.82, 2.24) is 15.2 Å². The Morgan fingerprint density at radius 1 is 1.29 bits per heavy atom. The number of amides is 1. The molecule has 1 N–H and O–H groups in total. The first-order chi connectivity index (χ1) is 11.4. The van der Waals surface area contributed by atoms with Crippen LogP contribution in [0.15, 0.2) is 0 Å². The van der Waals surface area contributed by atoms with Gasteiger partial charge in [0.1, 0.15) is 6.42 Å². The third-order valence-corrected chi connectivity index (χ3v) is 6.12. The Morgan fingerprint density at radius 2 is 2.00 bits per heavy atom. The molecule has 2 saturated heterocycles. The molecule has 1 aromatic heterocycles. The fourth-order valence-electron chi connectivity index (χ4n) is 3.88. The SMILES string of the molecule is O=C(CC(F)(F)F)N1CCc2nc(N3C4CCC3CNC4)sc2C1. The van der Waals surface area contributed by atoms with Gasteiger partial charge >= 0.3 is 6.18 Å². The molecule has 0 aliphatic carbocycles. The van der Waals surface area contributed by atoms with Gasteiger partial charge in [-0.2, -0.15) is 13.2 Å². The van der Waals surface area contributed by atoms with E-state index in [1.165, 1.54) is 4.90 Å². The molecule has 2 bridgehead atoms. The second-order valence-electron chi connectivity index (χ2n) is 6.67. The number of thiazole rings is 1. The molecule has 2 unspecified atom stereocenters. The van der Waals surface area contributed by atoms with Crippen LogP contribution in [0, 0.1) is 0 Å². The fraction of sp³-hybridized carbons (Fsp3) is 0.733. The summed E-state index contributed by atoms with van der Waals surface area (Å²) in [5.41, 5.74) is 0.948. The zero-order chi connectivity index (χ0) is 16.9. The number of nitrogens with one attached hydrogen (secondary N) is 1. The molecule has 3 aliphatic rings. The molecule has 0 saturated carbocycles. The van der Waals surface area contributed by atoms with Crippen LogP contribution in [0.1, 0.15) is 29.8 Å². The topological polar surface area (TPSA) is 48.5 Å². The molecule has 0 aromatic carbocycles.